The topological polar surface area (TPSA) is 81.4 Å². The molecule has 0 radical (unpaired) electrons. The van der Waals surface area contributed by atoms with Crippen molar-refractivity contribution in [2.75, 3.05) is 17.6 Å². The molecule has 2 rings (SSSR count). The van der Waals surface area contributed by atoms with Crippen molar-refractivity contribution in [2.24, 2.45) is 0 Å². The molecule has 0 aromatic heterocycles. The third-order valence-corrected chi connectivity index (χ3v) is 5.44. The lowest BCUT2D eigenvalue weighted by Crippen LogP contribution is -2.13. The molecular formula is C13H12Br2N2O3S. The second-order valence-corrected chi connectivity index (χ2v) is 7.53. The second-order valence-electron chi connectivity index (χ2n) is 4.13. The van der Waals surface area contributed by atoms with Crippen LogP contribution in [0.3, 0.4) is 0 Å². The Morgan fingerprint density at radius 2 is 1.81 bits per heavy atom. The van der Waals surface area contributed by atoms with E-state index in [4.69, 9.17) is 10.5 Å². The Hall–Kier alpha value is -1.25. The Kier molecular flexibility index (Phi) is 4.80. The van der Waals surface area contributed by atoms with Crippen LogP contribution in [0.15, 0.2) is 50.2 Å². The van der Waals surface area contributed by atoms with Crippen molar-refractivity contribution < 1.29 is 13.2 Å². The van der Waals surface area contributed by atoms with Crippen LogP contribution in [0.25, 0.3) is 0 Å². The largest absolute Gasteiger partial charge is 0.497 e. The van der Waals surface area contributed by atoms with Crippen molar-refractivity contribution in [3.05, 3.63) is 45.3 Å². The summed E-state index contributed by atoms with van der Waals surface area (Å²) in [5.74, 6) is 0.550. The van der Waals surface area contributed by atoms with Gasteiger partial charge in [0.25, 0.3) is 10.0 Å². The fourth-order valence-electron chi connectivity index (χ4n) is 1.59. The molecule has 21 heavy (non-hydrogen) atoms. The third kappa shape index (κ3) is 3.69. The minimum atomic E-state index is -3.72. The molecule has 3 N–H and O–H groups in total. The third-order valence-electron chi connectivity index (χ3n) is 2.70. The first-order valence-electron chi connectivity index (χ1n) is 5.75. The molecule has 112 valence electrons. The van der Waals surface area contributed by atoms with E-state index in [-0.39, 0.29) is 4.90 Å². The lowest BCUT2D eigenvalue weighted by atomic mass is 10.3. The number of methoxy groups -OCH3 is 1. The van der Waals surface area contributed by atoms with Gasteiger partial charge >= 0.3 is 0 Å². The van der Waals surface area contributed by atoms with E-state index in [1.807, 2.05) is 0 Å². The van der Waals surface area contributed by atoms with E-state index in [2.05, 4.69) is 36.6 Å². The summed E-state index contributed by atoms with van der Waals surface area (Å²) in [5.41, 5.74) is 6.52. The van der Waals surface area contributed by atoms with Gasteiger partial charge in [0, 0.05) is 20.7 Å². The zero-order valence-corrected chi connectivity index (χ0v) is 14.9. The van der Waals surface area contributed by atoms with Crippen LogP contribution in [-0.2, 0) is 10.0 Å². The summed E-state index contributed by atoms with van der Waals surface area (Å²) in [7, 11) is -2.21. The molecule has 0 heterocycles. The lowest BCUT2D eigenvalue weighted by molar-refractivity contribution is 0.415. The summed E-state index contributed by atoms with van der Waals surface area (Å²) in [6.07, 6.45) is 0. The summed E-state index contributed by atoms with van der Waals surface area (Å²) in [4.78, 5) is 0.110. The molecule has 0 saturated carbocycles. The van der Waals surface area contributed by atoms with Crippen LogP contribution in [0.2, 0.25) is 0 Å². The molecule has 8 heteroatoms. The summed E-state index contributed by atoms with van der Waals surface area (Å²) in [6.45, 7) is 0. The fraction of sp³-hybridized carbons (Fsp3) is 0.0769. The molecule has 0 saturated heterocycles. The molecule has 2 aromatic rings. The summed E-state index contributed by atoms with van der Waals surface area (Å²) in [5, 5.41) is 0. The van der Waals surface area contributed by atoms with Crippen molar-refractivity contribution >= 4 is 53.3 Å². The van der Waals surface area contributed by atoms with Crippen LogP contribution in [0.1, 0.15) is 0 Å². The number of ether oxygens (including phenoxy) is 1. The van der Waals surface area contributed by atoms with Gasteiger partial charge in [0.15, 0.2) is 0 Å². The molecule has 0 fully saturated rings. The van der Waals surface area contributed by atoms with Gasteiger partial charge in [0.05, 0.1) is 17.7 Å². The standard InChI is InChI=1S/C13H12Br2N2O3S/c1-20-8-2-4-10(14)13(6-8)17-21(18,19)9-3-5-12(16)11(15)7-9/h2-7,17H,16H2,1H3. The molecule has 0 amide bonds. The molecular weight excluding hydrogens is 424 g/mol. The summed E-state index contributed by atoms with van der Waals surface area (Å²) < 4.78 is 33.5. The Bertz CT molecular complexity index is 779. The molecule has 0 aliphatic rings. The molecule has 0 aliphatic carbocycles. The number of sulfonamides is 1. The molecule has 0 unspecified atom stereocenters. The first-order chi connectivity index (χ1) is 9.83. The van der Waals surface area contributed by atoms with Gasteiger partial charge in [-0.05, 0) is 62.2 Å². The maximum Gasteiger partial charge on any atom is 0.261 e. The molecule has 0 bridgehead atoms. The highest BCUT2D eigenvalue weighted by Gasteiger charge is 2.17. The van der Waals surface area contributed by atoms with Gasteiger partial charge in [-0.15, -0.1) is 0 Å². The predicted octanol–water partition coefficient (Wildman–Crippen LogP) is 3.60. The predicted molar refractivity (Wildman–Crippen MR) is 90.1 cm³/mol. The Balaban J connectivity index is 2.39. The van der Waals surface area contributed by atoms with Gasteiger partial charge in [-0.2, -0.15) is 0 Å². The minimum absolute atomic E-state index is 0.110. The molecule has 2 aromatic carbocycles. The number of anilines is 2. The van der Waals surface area contributed by atoms with Crippen LogP contribution in [0.5, 0.6) is 5.75 Å². The first-order valence-corrected chi connectivity index (χ1v) is 8.82. The van der Waals surface area contributed by atoms with Crippen LogP contribution in [0, 0.1) is 0 Å². The number of nitrogens with one attached hydrogen (secondary N) is 1. The van der Waals surface area contributed by atoms with Crippen LogP contribution in [-0.4, -0.2) is 15.5 Å². The van der Waals surface area contributed by atoms with Crippen molar-refractivity contribution in [1.29, 1.82) is 0 Å². The minimum Gasteiger partial charge on any atom is -0.497 e. The number of nitrogen functional groups attached to an aromatic ring is 1. The van der Waals surface area contributed by atoms with Crippen molar-refractivity contribution in [1.82, 2.24) is 0 Å². The highest BCUT2D eigenvalue weighted by molar-refractivity contribution is 9.11. The quantitative estimate of drug-likeness (QED) is 0.718. The highest BCUT2D eigenvalue weighted by Crippen LogP contribution is 2.30. The van der Waals surface area contributed by atoms with E-state index < -0.39 is 10.0 Å². The number of hydrogen-bond donors (Lipinski definition) is 2. The maximum absolute atomic E-state index is 12.4. The SMILES string of the molecule is COc1ccc(Br)c(NS(=O)(=O)c2ccc(N)c(Br)c2)c1. The zero-order valence-electron chi connectivity index (χ0n) is 10.9. The second kappa shape index (κ2) is 6.25. The van der Waals surface area contributed by atoms with Crippen LogP contribution < -0.4 is 15.2 Å². The normalized spacial score (nSPS) is 11.2. The number of hydrogen-bond acceptors (Lipinski definition) is 4. The van der Waals surface area contributed by atoms with E-state index in [0.717, 1.165) is 0 Å². The van der Waals surface area contributed by atoms with Gasteiger partial charge in [0.1, 0.15) is 5.75 Å². The van der Waals surface area contributed by atoms with E-state index in [0.29, 0.717) is 26.1 Å². The molecule has 5 nitrogen and oxygen atoms in total. The van der Waals surface area contributed by atoms with Gasteiger partial charge in [-0.3, -0.25) is 4.72 Å². The number of halogens is 2. The number of benzene rings is 2. The Labute approximate surface area is 139 Å². The smallest absolute Gasteiger partial charge is 0.261 e. The number of nitrogens with two attached hydrogens (primary N) is 1. The van der Waals surface area contributed by atoms with Crippen LogP contribution in [0.4, 0.5) is 11.4 Å². The average Bonchev–Trinajstić information content (AvgIpc) is 2.44. The van der Waals surface area contributed by atoms with Gasteiger partial charge in [-0.1, -0.05) is 0 Å². The Morgan fingerprint density at radius 3 is 2.43 bits per heavy atom. The number of rotatable bonds is 4. The van der Waals surface area contributed by atoms with Gasteiger partial charge in [0.2, 0.25) is 0 Å². The molecule has 0 spiro atoms. The fourth-order valence-corrected chi connectivity index (χ4v) is 3.69. The summed E-state index contributed by atoms with van der Waals surface area (Å²) >= 11 is 6.51. The molecule has 0 aliphatic heterocycles. The zero-order chi connectivity index (χ0) is 15.6. The lowest BCUT2D eigenvalue weighted by Gasteiger charge is -2.12. The Morgan fingerprint density at radius 1 is 1.10 bits per heavy atom. The van der Waals surface area contributed by atoms with E-state index in [1.165, 1.54) is 25.3 Å². The van der Waals surface area contributed by atoms with E-state index >= 15 is 0 Å². The van der Waals surface area contributed by atoms with Crippen LogP contribution >= 0.6 is 31.9 Å². The average molecular weight is 436 g/mol. The summed E-state index contributed by atoms with van der Waals surface area (Å²) in [6, 6.07) is 9.44. The van der Waals surface area contributed by atoms with E-state index in [1.54, 1.807) is 18.2 Å². The van der Waals surface area contributed by atoms with Crippen molar-refractivity contribution in [3.8, 4) is 5.75 Å². The van der Waals surface area contributed by atoms with E-state index in [9.17, 15) is 8.42 Å². The highest BCUT2D eigenvalue weighted by atomic mass is 79.9. The van der Waals surface area contributed by atoms with Crippen molar-refractivity contribution in [2.45, 2.75) is 4.90 Å². The van der Waals surface area contributed by atoms with Crippen molar-refractivity contribution in [3.63, 3.8) is 0 Å². The molecule has 0 atom stereocenters. The first kappa shape index (κ1) is 16.1. The monoisotopic (exact) mass is 434 g/mol. The van der Waals surface area contributed by atoms with Gasteiger partial charge < -0.3 is 10.5 Å². The maximum atomic E-state index is 12.4. The van der Waals surface area contributed by atoms with Gasteiger partial charge in [-0.25, -0.2) is 8.42 Å².